The largest absolute Gasteiger partial charge is 0.460 e. The van der Waals surface area contributed by atoms with Crippen LogP contribution in [0.15, 0.2) is 0 Å². The number of hydrogen-bond donors (Lipinski definition) is 1. The Morgan fingerprint density at radius 2 is 1.23 bits per heavy atom. The van der Waals surface area contributed by atoms with E-state index >= 15 is 0 Å². The van der Waals surface area contributed by atoms with Gasteiger partial charge in [0.2, 0.25) is 18.5 Å². The zero-order valence-corrected chi connectivity index (χ0v) is 24.9. The van der Waals surface area contributed by atoms with Crippen LogP contribution in [0.3, 0.4) is 0 Å². The molecule has 0 radical (unpaired) electrons. The van der Waals surface area contributed by atoms with Gasteiger partial charge in [-0.15, -0.1) is 0 Å². The van der Waals surface area contributed by atoms with Crippen molar-refractivity contribution in [2.75, 3.05) is 12.4 Å². The maximum absolute atomic E-state index is 12.3. The average Bonchev–Trinajstić information content (AvgIpc) is 3.09. The van der Waals surface area contributed by atoms with Crippen molar-refractivity contribution in [2.24, 2.45) is 0 Å². The Kier molecular flexibility index (Phi) is 10.6. The summed E-state index contributed by atoms with van der Waals surface area (Å²) in [6.07, 6.45) is -11.5. The molecule has 240 valence electrons. The van der Waals surface area contributed by atoms with Crippen LogP contribution in [-0.4, -0.2) is 109 Å². The molecular formula is C25H32O17S. The highest BCUT2D eigenvalue weighted by Crippen LogP contribution is 2.51. The van der Waals surface area contributed by atoms with Crippen LogP contribution in [0, 0.1) is 0 Å². The van der Waals surface area contributed by atoms with Gasteiger partial charge in [0.1, 0.15) is 19.1 Å². The number of thiol groups is 1. The number of ether oxygens (including phenoxy) is 10. The Balaban J connectivity index is 2.17. The van der Waals surface area contributed by atoms with E-state index in [2.05, 4.69) is 12.6 Å². The van der Waals surface area contributed by atoms with Crippen molar-refractivity contribution in [3.63, 3.8) is 0 Å². The zero-order valence-electron chi connectivity index (χ0n) is 24.1. The van der Waals surface area contributed by atoms with Crippen LogP contribution in [0.1, 0.15) is 48.0 Å². The lowest BCUT2D eigenvalue weighted by atomic mass is 9.96. The summed E-state index contributed by atoms with van der Waals surface area (Å²) in [4.78, 5) is 84.4. The second-order valence-electron chi connectivity index (χ2n) is 9.78. The fourth-order valence-corrected chi connectivity index (χ4v) is 5.16. The molecule has 3 aliphatic heterocycles. The van der Waals surface area contributed by atoms with E-state index in [1.165, 1.54) is 0 Å². The number of carbonyl (C=O) groups is 7. The molecule has 3 fully saturated rings. The van der Waals surface area contributed by atoms with Gasteiger partial charge in [-0.2, -0.15) is 12.6 Å². The van der Waals surface area contributed by atoms with Gasteiger partial charge in [0.15, 0.2) is 18.3 Å². The molecule has 18 heteroatoms. The zero-order chi connectivity index (χ0) is 32.3. The summed E-state index contributed by atoms with van der Waals surface area (Å²) in [5.41, 5.74) is 0. The van der Waals surface area contributed by atoms with Gasteiger partial charge in [-0.3, -0.25) is 38.3 Å². The molecule has 0 bridgehead atoms. The van der Waals surface area contributed by atoms with Crippen molar-refractivity contribution in [3.8, 4) is 0 Å². The summed E-state index contributed by atoms with van der Waals surface area (Å²) in [5, 5.41) is 0. The second-order valence-corrected chi connectivity index (χ2v) is 10.1. The van der Waals surface area contributed by atoms with Crippen LogP contribution in [0.5, 0.6) is 0 Å². The van der Waals surface area contributed by atoms with Crippen LogP contribution in [0.2, 0.25) is 0 Å². The third kappa shape index (κ3) is 7.73. The molecule has 0 saturated carbocycles. The number of rotatable bonds is 10. The van der Waals surface area contributed by atoms with Gasteiger partial charge in [0.05, 0.1) is 0 Å². The first-order valence-corrected chi connectivity index (χ1v) is 13.5. The SMILES string of the molecule is CC(=O)OCC1(OC2OC(CS)C(OC(C)=O)C(OC(C)=O)C2OC(C)=O)OC2(CC(=O)O2)C(OC(C)=O)C1OC(C)=O. The van der Waals surface area contributed by atoms with Gasteiger partial charge < -0.3 is 42.6 Å². The molecule has 0 amide bonds. The Morgan fingerprint density at radius 1 is 0.744 bits per heavy atom. The summed E-state index contributed by atoms with van der Waals surface area (Å²) in [5.74, 6) is -10.7. The molecule has 0 aromatic rings. The fourth-order valence-electron chi connectivity index (χ4n) is 4.86. The molecule has 0 aliphatic carbocycles. The first-order chi connectivity index (χ1) is 20.0. The highest BCUT2D eigenvalue weighted by Gasteiger charge is 2.75. The topological polar surface area (TPSA) is 212 Å². The quantitative estimate of drug-likeness (QED) is 0.177. The van der Waals surface area contributed by atoms with Gasteiger partial charge in [-0.1, -0.05) is 0 Å². The average molecular weight is 637 g/mol. The second kappa shape index (κ2) is 13.4. The number of carbonyl (C=O) groups excluding carboxylic acids is 7. The smallest absolute Gasteiger partial charge is 0.315 e. The third-order valence-electron chi connectivity index (χ3n) is 6.22. The highest BCUT2D eigenvalue weighted by atomic mass is 32.1. The van der Waals surface area contributed by atoms with E-state index < -0.39 is 109 Å². The predicted octanol–water partition coefficient (Wildman–Crippen LogP) is -0.751. The van der Waals surface area contributed by atoms with Crippen LogP contribution in [-0.2, 0) is 80.9 Å². The Bertz CT molecular complexity index is 1150. The number of hydrogen-bond acceptors (Lipinski definition) is 18. The predicted molar refractivity (Wildman–Crippen MR) is 135 cm³/mol. The van der Waals surface area contributed by atoms with Crippen molar-refractivity contribution in [1.29, 1.82) is 0 Å². The van der Waals surface area contributed by atoms with E-state index in [4.69, 9.17) is 47.4 Å². The van der Waals surface area contributed by atoms with Crippen molar-refractivity contribution in [2.45, 2.75) is 102 Å². The maximum atomic E-state index is 12.3. The van der Waals surface area contributed by atoms with Crippen molar-refractivity contribution < 1.29 is 80.9 Å². The first kappa shape index (κ1) is 34.0. The van der Waals surface area contributed by atoms with Gasteiger partial charge in [0.25, 0.3) is 11.6 Å². The lowest BCUT2D eigenvalue weighted by Gasteiger charge is -2.46. The summed E-state index contributed by atoms with van der Waals surface area (Å²) in [7, 11) is 0. The van der Waals surface area contributed by atoms with Crippen LogP contribution < -0.4 is 0 Å². The minimum Gasteiger partial charge on any atom is -0.460 e. The van der Waals surface area contributed by atoms with E-state index in [1.54, 1.807) is 0 Å². The molecule has 0 aromatic heterocycles. The van der Waals surface area contributed by atoms with Crippen LogP contribution in [0.25, 0.3) is 0 Å². The molecule has 9 atom stereocenters. The van der Waals surface area contributed by atoms with E-state index in [0.717, 1.165) is 41.5 Å². The molecule has 3 saturated heterocycles. The first-order valence-electron chi connectivity index (χ1n) is 12.9. The molecule has 0 N–H and O–H groups in total. The molecule has 9 unspecified atom stereocenters. The standard InChI is InChI=1S/C25H32O17S/c1-10(26)33-9-25(22(38-15(6)31)21(37-14(5)30)24(42-25)7-17(32)40-24)41-23-20(36-13(4)29)19(35-12(3)28)18(34-11(2)27)16(8-43)39-23/h16,18-23,43H,7-9H2,1-6H3. The molecular weight excluding hydrogens is 604 g/mol. The lowest BCUT2D eigenvalue weighted by molar-refractivity contribution is -0.408. The van der Waals surface area contributed by atoms with E-state index in [9.17, 15) is 33.6 Å². The van der Waals surface area contributed by atoms with Crippen molar-refractivity contribution >= 4 is 54.4 Å². The van der Waals surface area contributed by atoms with Crippen molar-refractivity contribution in [3.05, 3.63) is 0 Å². The van der Waals surface area contributed by atoms with E-state index in [1.807, 2.05) is 0 Å². The summed E-state index contributed by atoms with van der Waals surface area (Å²) in [6, 6.07) is 0. The highest BCUT2D eigenvalue weighted by molar-refractivity contribution is 7.80. The Morgan fingerprint density at radius 3 is 1.70 bits per heavy atom. The van der Waals surface area contributed by atoms with E-state index in [-0.39, 0.29) is 5.75 Å². The summed E-state index contributed by atoms with van der Waals surface area (Å²) in [6.45, 7) is 5.37. The van der Waals surface area contributed by atoms with Gasteiger partial charge in [-0.25, -0.2) is 0 Å². The minimum atomic E-state index is -2.46. The maximum Gasteiger partial charge on any atom is 0.315 e. The lowest BCUT2D eigenvalue weighted by Crippen LogP contribution is -2.65. The Labute approximate surface area is 250 Å². The minimum absolute atomic E-state index is 0.162. The summed E-state index contributed by atoms with van der Waals surface area (Å²) >= 11 is 4.23. The Hall–Kier alpha value is -3.48. The van der Waals surface area contributed by atoms with Gasteiger partial charge in [0, 0.05) is 47.3 Å². The molecule has 0 aromatic carbocycles. The van der Waals surface area contributed by atoms with Gasteiger partial charge in [-0.05, 0) is 0 Å². The molecule has 3 heterocycles. The van der Waals surface area contributed by atoms with Crippen LogP contribution in [0.4, 0.5) is 0 Å². The fraction of sp³-hybridized carbons (Fsp3) is 0.720. The summed E-state index contributed by atoms with van der Waals surface area (Å²) < 4.78 is 55.4. The normalized spacial score (nSPS) is 34.7. The monoisotopic (exact) mass is 636 g/mol. The molecule has 43 heavy (non-hydrogen) atoms. The van der Waals surface area contributed by atoms with Crippen molar-refractivity contribution in [1.82, 2.24) is 0 Å². The van der Waals surface area contributed by atoms with Gasteiger partial charge >= 0.3 is 41.8 Å². The molecule has 17 nitrogen and oxygen atoms in total. The number of esters is 7. The molecule has 1 spiro atoms. The van der Waals surface area contributed by atoms with Crippen LogP contribution >= 0.6 is 12.6 Å². The van der Waals surface area contributed by atoms with E-state index in [0.29, 0.717) is 0 Å². The molecule has 3 rings (SSSR count). The molecule has 3 aliphatic rings. The third-order valence-corrected chi connectivity index (χ3v) is 6.58.